The molecule has 7 nitrogen and oxygen atoms in total. The molecule has 1 fully saturated rings. The quantitative estimate of drug-likeness (QED) is 0.691. The highest BCUT2D eigenvalue weighted by Crippen LogP contribution is 2.38. The molecular formula is C17H30N2O5. The van der Waals surface area contributed by atoms with Crippen LogP contribution in [0.3, 0.4) is 0 Å². The molecule has 0 saturated carbocycles. The summed E-state index contributed by atoms with van der Waals surface area (Å²) in [5.74, 6) is -2.48. The maximum absolute atomic E-state index is 12.4. The van der Waals surface area contributed by atoms with Crippen LogP contribution in [0.1, 0.15) is 40.0 Å². The van der Waals surface area contributed by atoms with E-state index >= 15 is 0 Å². The van der Waals surface area contributed by atoms with Crippen molar-refractivity contribution in [2.24, 2.45) is 5.92 Å². The number of carbonyl (C=O) groups is 3. The summed E-state index contributed by atoms with van der Waals surface area (Å²) in [6.45, 7) is 5.45. The molecule has 1 aliphatic rings. The molecule has 0 aromatic rings. The first-order chi connectivity index (χ1) is 11.1. The summed E-state index contributed by atoms with van der Waals surface area (Å²) in [6.07, 6.45) is -0.446. The van der Waals surface area contributed by atoms with Crippen molar-refractivity contribution < 1.29 is 23.9 Å². The van der Waals surface area contributed by atoms with E-state index in [1.54, 1.807) is 35.1 Å². The molecule has 0 aromatic carbocycles. The van der Waals surface area contributed by atoms with Crippen LogP contribution in [-0.4, -0.2) is 73.6 Å². The van der Waals surface area contributed by atoms with Crippen molar-refractivity contribution in [3.63, 3.8) is 0 Å². The molecule has 1 aliphatic heterocycles. The Kier molecular flexibility index (Phi) is 6.92. The van der Waals surface area contributed by atoms with Crippen molar-refractivity contribution in [2.45, 2.75) is 58.0 Å². The number of hydrogen-bond donors (Lipinski definition) is 0. The Morgan fingerprint density at radius 3 is 1.67 bits per heavy atom. The maximum Gasteiger partial charge on any atom is 0.254 e. The largest absolute Gasteiger partial charge is 0.346 e. The van der Waals surface area contributed by atoms with Gasteiger partial charge in [0.25, 0.3) is 11.8 Å². The van der Waals surface area contributed by atoms with Gasteiger partial charge < -0.3 is 19.3 Å². The van der Waals surface area contributed by atoms with Gasteiger partial charge in [-0.3, -0.25) is 14.4 Å². The Bertz CT molecular complexity index is 461. The molecule has 0 bridgehead atoms. The van der Waals surface area contributed by atoms with Crippen molar-refractivity contribution >= 4 is 17.6 Å². The Hall–Kier alpha value is -1.47. The monoisotopic (exact) mass is 342 g/mol. The normalized spacial score (nSPS) is 23.6. The van der Waals surface area contributed by atoms with E-state index in [0.29, 0.717) is 12.8 Å². The average Bonchev–Trinajstić information content (AvgIpc) is 2.84. The summed E-state index contributed by atoms with van der Waals surface area (Å²) >= 11 is 0. The Labute approximate surface area is 144 Å². The molecular weight excluding hydrogens is 312 g/mol. The van der Waals surface area contributed by atoms with Gasteiger partial charge in [0, 0.05) is 34.6 Å². The molecule has 24 heavy (non-hydrogen) atoms. The van der Waals surface area contributed by atoms with E-state index in [1.165, 1.54) is 9.80 Å². The lowest BCUT2D eigenvalue weighted by Gasteiger charge is -2.31. The van der Waals surface area contributed by atoms with Crippen LogP contribution in [0.25, 0.3) is 0 Å². The summed E-state index contributed by atoms with van der Waals surface area (Å²) in [7, 11) is 6.38. The van der Waals surface area contributed by atoms with Crippen LogP contribution < -0.4 is 0 Å². The zero-order chi connectivity index (χ0) is 18.7. The number of ether oxygens (including phenoxy) is 2. The third kappa shape index (κ3) is 4.13. The lowest BCUT2D eigenvalue weighted by atomic mass is 9.90. The third-order valence-corrected chi connectivity index (χ3v) is 4.29. The highest BCUT2D eigenvalue weighted by Gasteiger charge is 2.56. The standard InChI is InChI=1S/C17H30N2O5/c1-8-10-12(20)11(9-2)17(3)23-13(15(21)18(4)5)14(24-17)16(22)19(6)7/h11,13-14H,8-10H2,1-7H3/t11-,13+,14+/m0/s1. The number of likely N-dealkylation sites (N-methyl/N-ethyl adjacent to an activating group) is 2. The van der Waals surface area contributed by atoms with E-state index in [9.17, 15) is 14.4 Å². The molecule has 0 unspecified atom stereocenters. The van der Waals surface area contributed by atoms with Crippen LogP contribution in [0.5, 0.6) is 0 Å². The number of Topliss-reactive ketones (excluding diaryl/α,β-unsaturated/α-hetero) is 1. The fourth-order valence-electron chi connectivity index (χ4n) is 3.00. The summed E-state index contributed by atoms with van der Waals surface area (Å²) < 4.78 is 11.8. The minimum absolute atomic E-state index is 0.0245. The number of carbonyl (C=O) groups excluding carboxylic acids is 3. The maximum atomic E-state index is 12.4. The molecule has 138 valence electrons. The van der Waals surface area contributed by atoms with Gasteiger partial charge in [0.1, 0.15) is 5.78 Å². The lowest BCUT2D eigenvalue weighted by molar-refractivity contribution is -0.203. The van der Waals surface area contributed by atoms with Crippen LogP contribution in [0.15, 0.2) is 0 Å². The molecule has 3 atom stereocenters. The van der Waals surface area contributed by atoms with Crippen molar-refractivity contribution in [1.82, 2.24) is 9.80 Å². The van der Waals surface area contributed by atoms with Gasteiger partial charge in [0.05, 0.1) is 5.92 Å². The molecule has 0 N–H and O–H groups in total. The van der Waals surface area contributed by atoms with Gasteiger partial charge >= 0.3 is 0 Å². The Morgan fingerprint density at radius 1 is 0.958 bits per heavy atom. The van der Waals surface area contributed by atoms with Crippen LogP contribution in [0, 0.1) is 5.92 Å². The second-order valence-electron chi connectivity index (χ2n) is 6.74. The van der Waals surface area contributed by atoms with Crippen LogP contribution >= 0.6 is 0 Å². The van der Waals surface area contributed by atoms with Gasteiger partial charge in [0.15, 0.2) is 18.0 Å². The molecule has 0 spiro atoms. The highest BCUT2D eigenvalue weighted by atomic mass is 16.8. The van der Waals surface area contributed by atoms with E-state index in [0.717, 1.165) is 6.42 Å². The van der Waals surface area contributed by atoms with Crippen LogP contribution in [0.2, 0.25) is 0 Å². The summed E-state index contributed by atoms with van der Waals surface area (Å²) in [5, 5.41) is 0. The number of rotatable bonds is 7. The average molecular weight is 342 g/mol. The summed E-state index contributed by atoms with van der Waals surface area (Å²) in [5.41, 5.74) is 0. The molecule has 1 saturated heterocycles. The van der Waals surface area contributed by atoms with Crippen molar-refractivity contribution in [3.8, 4) is 0 Å². The molecule has 7 heteroatoms. The Morgan fingerprint density at radius 2 is 1.38 bits per heavy atom. The fourth-order valence-corrected chi connectivity index (χ4v) is 3.00. The van der Waals surface area contributed by atoms with Crippen LogP contribution in [-0.2, 0) is 23.9 Å². The number of nitrogens with zero attached hydrogens (tertiary/aromatic N) is 2. The predicted octanol–water partition coefficient (Wildman–Crippen LogP) is 1.06. The topological polar surface area (TPSA) is 76.2 Å². The number of amides is 2. The summed E-state index contributed by atoms with van der Waals surface area (Å²) in [4.78, 5) is 40.1. The number of hydrogen-bond acceptors (Lipinski definition) is 5. The minimum atomic E-state index is -1.28. The Balaban J connectivity index is 3.16. The van der Waals surface area contributed by atoms with E-state index in [4.69, 9.17) is 9.47 Å². The van der Waals surface area contributed by atoms with E-state index < -0.39 is 23.9 Å². The first-order valence-corrected chi connectivity index (χ1v) is 8.39. The molecule has 1 rings (SSSR count). The first kappa shape index (κ1) is 20.6. The van der Waals surface area contributed by atoms with Gasteiger partial charge in [0.2, 0.25) is 0 Å². The van der Waals surface area contributed by atoms with Gasteiger partial charge in [-0.2, -0.15) is 0 Å². The van der Waals surface area contributed by atoms with E-state index in [1.807, 2.05) is 13.8 Å². The molecule has 2 amide bonds. The molecule has 0 aliphatic carbocycles. The van der Waals surface area contributed by atoms with E-state index in [2.05, 4.69) is 0 Å². The zero-order valence-corrected chi connectivity index (χ0v) is 15.8. The van der Waals surface area contributed by atoms with E-state index in [-0.39, 0.29) is 17.6 Å². The van der Waals surface area contributed by atoms with Crippen molar-refractivity contribution in [1.29, 1.82) is 0 Å². The molecule has 1 heterocycles. The zero-order valence-electron chi connectivity index (χ0n) is 15.8. The predicted molar refractivity (Wildman–Crippen MR) is 89.2 cm³/mol. The second-order valence-corrected chi connectivity index (χ2v) is 6.74. The highest BCUT2D eigenvalue weighted by molar-refractivity contribution is 5.91. The van der Waals surface area contributed by atoms with Crippen LogP contribution in [0.4, 0.5) is 0 Å². The molecule has 0 radical (unpaired) electrons. The van der Waals surface area contributed by atoms with Gasteiger partial charge in [-0.05, 0) is 19.8 Å². The smallest absolute Gasteiger partial charge is 0.254 e. The first-order valence-electron chi connectivity index (χ1n) is 8.39. The lowest BCUT2D eigenvalue weighted by Crippen LogP contribution is -2.47. The third-order valence-electron chi connectivity index (χ3n) is 4.29. The van der Waals surface area contributed by atoms with Gasteiger partial charge in [-0.1, -0.05) is 13.8 Å². The molecule has 0 aromatic heterocycles. The van der Waals surface area contributed by atoms with Crippen molar-refractivity contribution in [2.75, 3.05) is 28.2 Å². The SMILES string of the molecule is CCCC(=O)[C@H](CC)C1(C)O[C@@H](C(=O)N(C)C)[C@H](C(=O)N(C)C)O1. The van der Waals surface area contributed by atoms with Gasteiger partial charge in [-0.15, -0.1) is 0 Å². The minimum Gasteiger partial charge on any atom is -0.346 e. The van der Waals surface area contributed by atoms with Gasteiger partial charge in [-0.25, -0.2) is 0 Å². The summed E-state index contributed by atoms with van der Waals surface area (Å²) in [6, 6.07) is 0. The number of ketones is 1. The van der Waals surface area contributed by atoms with Crippen molar-refractivity contribution in [3.05, 3.63) is 0 Å². The second kappa shape index (κ2) is 8.07. The fraction of sp³-hybridized carbons (Fsp3) is 0.824.